The van der Waals surface area contributed by atoms with Gasteiger partial charge in [0.25, 0.3) is 0 Å². The molecule has 3 rings (SSSR count). The van der Waals surface area contributed by atoms with Crippen LogP contribution in [0.5, 0.6) is 0 Å². The minimum Gasteiger partial charge on any atom is -0.460 e. The maximum atomic E-state index is 6.28. The molecule has 2 aromatic rings. The Bertz CT molecular complexity index is 730. The van der Waals surface area contributed by atoms with E-state index >= 15 is 0 Å². The third-order valence-electron chi connectivity index (χ3n) is 4.95. The fraction of sp³-hybridized carbons (Fsp3) is 0.524. The van der Waals surface area contributed by atoms with Gasteiger partial charge in [0.1, 0.15) is 11.5 Å². The summed E-state index contributed by atoms with van der Waals surface area (Å²) in [6.45, 7) is 18.1. The smallest absolute Gasteiger partial charge is 0.138 e. The number of furan rings is 1. The van der Waals surface area contributed by atoms with E-state index in [9.17, 15) is 0 Å². The van der Waals surface area contributed by atoms with Gasteiger partial charge in [0.05, 0.1) is 0 Å². The summed E-state index contributed by atoms with van der Waals surface area (Å²) in [5.74, 6) is 2.15. The Morgan fingerprint density at radius 1 is 0.818 bits per heavy atom. The van der Waals surface area contributed by atoms with E-state index in [0.717, 1.165) is 11.5 Å². The van der Waals surface area contributed by atoms with E-state index in [2.05, 4.69) is 79.7 Å². The molecule has 1 aromatic carbocycles. The molecule has 1 aromatic heterocycles. The molecule has 1 heteroatoms. The Balaban J connectivity index is 2.21. The molecule has 1 heterocycles. The second kappa shape index (κ2) is 4.28. The van der Waals surface area contributed by atoms with Gasteiger partial charge in [-0.3, -0.25) is 0 Å². The average molecular weight is 296 g/mol. The van der Waals surface area contributed by atoms with Crippen LogP contribution in [0.4, 0.5) is 0 Å². The van der Waals surface area contributed by atoms with Gasteiger partial charge in [0, 0.05) is 22.0 Å². The van der Waals surface area contributed by atoms with Gasteiger partial charge in [-0.25, -0.2) is 0 Å². The Morgan fingerprint density at radius 2 is 1.45 bits per heavy atom. The molecule has 0 amide bonds. The lowest BCUT2D eigenvalue weighted by atomic mass is 9.78. The molecule has 1 aliphatic rings. The molecular weight excluding hydrogens is 268 g/mol. The van der Waals surface area contributed by atoms with Crippen LogP contribution in [0.3, 0.4) is 0 Å². The summed E-state index contributed by atoms with van der Waals surface area (Å²) in [6, 6.07) is 9.15. The van der Waals surface area contributed by atoms with Gasteiger partial charge in [-0.05, 0) is 22.6 Å². The maximum Gasteiger partial charge on any atom is 0.138 e. The van der Waals surface area contributed by atoms with Crippen LogP contribution in [-0.4, -0.2) is 0 Å². The number of rotatable bonds is 0. The van der Waals surface area contributed by atoms with Crippen molar-refractivity contribution >= 4 is 0 Å². The first kappa shape index (κ1) is 15.4. The summed E-state index contributed by atoms with van der Waals surface area (Å²) in [5.41, 5.74) is 5.62. The molecule has 0 bridgehead atoms. The van der Waals surface area contributed by atoms with Crippen LogP contribution in [0.25, 0.3) is 11.3 Å². The average Bonchev–Trinajstić information content (AvgIpc) is 2.88. The van der Waals surface area contributed by atoms with Crippen molar-refractivity contribution in [3.63, 3.8) is 0 Å². The number of hydrogen-bond donors (Lipinski definition) is 0. The van der Waals surface area contributed by atoms with Crippen LogP contribution in [0.1, 0.15) is 77.8 Å². The second-order valence-electron chi connectivity index (χ2n) is 9.24. The topological polar surface area (TPSA) is 13.1 Å². The van der Waals surface area contributed by atoms with Crippen molar-refractivity contribution < 1.29 is 4.42 Å². The monoisotopic (exact) mass is 296 g/mol. The Labute approximate surface area is 134 Å². The van der Waals surface area contributed by atoms with Crippen molar-refractivity contribution in [2.75, 3.05) is 0 Å². The van der Waals surface area contributed by atoms with Crippen molar-refractivity contribution in [3.8, 4) is 11.3 Å². The van der Waals surface area contributed by atoms with Crippen LogP contribution in [0.15, 0.2) is 28.7 Å². The van der Waals surface area contributed by atoms with Crippen molar-refractivity contribution in [1.29, 1.82) is 0 Å². The normalized spacial score (nSPS) is 16.5. The highest BCUT2D eigenvalue weighted by molar-refractivity contribution is 5.77. The van der Waals surface area contributed by atoms with Crippen molar-refractivity contribution in [1.82, 2.24) is 0 Å². The van der Waals surface area contributed by atoms with E-state index in [0.29, 0.717) is 0 Å². The lowest BCUT2D eigenvalue weighted by molar-refractivity contribution is 0.417. The summed E-state index contributed by atoms with van der Waals surface area (Å²) in [4.78, 5) is 0. The van der Waals surface area contributed by atoms with E-state index in [1.165, 1.54) is 22.3 Å². The molecule has 0 saturated heterocycles. The lowest BCUT2D eigenvalue weighted by Crippen LogP contribution is -2.18. The summed E-state index contributed by atoms with van der Waals surface area (Å²) >= 11 is 0. The standard InChI is InChI=1S/C21H28O/c1-19(2,3)13-9-10-14-15(11-13)21(7,8)16-12-17(20(4,5)6)22-18(14)16/h9-12H,1-8H3. The van der Waals surface area contributed by atoms with Gasteiger partial charge >= 0.3 is 0 Å². The van der Waals surface area contributed by atoms with Crippen LogP contribution < -0.4 is 0 Å². The molecule has 1 aliphatic carbocycles. The van der Waals surface area contributed by atoms with Gasteiger partial charge in [-0.1, -0.05) is 73.6 Å². The quantitative estimate of drug-likeness (QED) is 0.565. The highest BCUT2D eigenvalue weighted by Crippen LogP contribution is 2.51. The van der Waals surface area contributed by atoms with Gasteiger partial charge in [-0.15, -0.1) is 0 Å². The zero-order valence-electron chi connectivity index (χ0n) is 15.2. The Hall–Kier alpha value is -1.50. The molecule has 0 saturated carbocycles. The summed E-state index contributed by atoms with van der Waals surface area (Å²) in [5, 5.41) is 0. The number of benzene rings is 1. The van der Waals surface area contributed by atoms with E-state index in [-0.39, 0.29) is 16.2 Å². The zero-order chi connectivity index (χ0) is 16.5. The largest absolute Gasteiger partial charge is 0.460 e. The lowest BCUT2D eigenvalue weighted by Gasteiger charge is -2.25. The molecule has 0 radical (unpaired) electrons. The van der Waals surface area contributed by atoms with Gasteiger partial charge in [0.15, 0.2) is 0 Å². The van der Waals surface area contributed by atoms with Gasteiger partial charge < -0.3 is 4.42 Å². The van der Waals surface area contributed by atoms with Crippen molar-refractivity contribution in [2.45, 2.75) is 71.6 Å². The van der Waals surface area contributed by atoms with E-state index in [4.69, 9.17) is 4.42 Å². The molecule has 0 spiro atoms. The molecule has 0 unspecified atom stereocenters. The number of fused-ring (bicyclic) bond motifs is 3. The van der Waals surface area contributed by atoms with Gasteiger partial charge in [0.2, 0.25) is 0 Å². The van der Waals surface area contributed by atoms with Crippen LogP contribution in [-0.2, 0) is 16.2 Å². The highest BCUT2D eigenvalue weighted by atomic mass is 16.3. The minimum atomic E-state index is 0.0128. The first-order valence-electron chi connectivity index (χ1n) is 8.22. The SMILES string of the molecule is CC(C)(C)c1ccc2c(c1)C(C)(C)c1cc(C(C)(C)C)oc1-2. The van der Waals surface area contributed by atoms with Gasteiger partial charge in [-0.2, -0.15) is 0 Å². The second-order valence-corrected chi connectivity index (χ2v) is 9.24. The highest BCUT2D eigenvalue weighted by Gasteiger charge is 2.40. The van der Waals surface area contributed by atoms with E-state index in [1.807, 2.05) is 0 Å². The number of hydrogen-bond acceptors (Lipinski definition) is 1. The summed E-state index contributed by atoms with van der Waals surface area (Å²) in [6.07, 6.45) is 0. The first-order valence-corrected chi connectivity index (χ1v) is 8.22. The fourth-order valence-electron chi connectivity index (χ4n) is 3.30. The molecule has 0 atom stereocenters. The predicted octanol–water partition coefficient (Wildman–Crippen LogP) is 6.18. The molecule has 0 N–H and O–H groups in total. The van der Waals surface area contributed by atoms with Crippen LogP contribution in [0, 0.1) is 0 Å². The molecule has 0 fully saturated rings. The molecule has 1 nitrogen and oxygen atoms in total. The summed E-state index contributed by atoms with van der Waals surface area (Å²) < 4.78 is 6.28. The predicted molar refractivity (Wildman–Crippen MR) is 93.7 cm³/mol. The third kappa shape index (κ3) is 2.14. The van der Waals surface area contributed by atoms with Crippen LogP contribution in [0.2, 0.25) is 0 Å². The van der Waals surface area contributed by atoms with Crippen molar-refractivity contribution in [2.24, 2.45) is 0 Å². The minimum absolute atomic E-state index is 0.0128. The molecular formula is C21H28O. The van der Waals surface area contributed by atoms with E-state index < -0.39 is 0 Å². The molecule has 118 valence electrons. The summed E-state index contributed by atoms with van der Waals surface area (Å²) in [7, 11) is 0. The van der Waals surface area contributed by atoms with E-state index in [1.54, 1.807) is 0 Å². The molecule has 22 heavy (non-hydrogen) atoms. The van der Waals surface area contributed by atoms with Crippen LogP contribution >= 0.6 is 0 Å². The third-order valence-corrected chi connectivity index (χ3v) is 4.95. The molecule has 0 aliphatic heterocycles. The van der Waals surface area contributed by atoms with Crippen molar-refractivity contribution in [3.05, 3.63) is 46.7 Å². The fourth-order valence-corrected chi connectivity index (χ4v) is 3.30. The first-order chi connectivity index (χ1) is 9.92. The maximum absolute atomic E-state index is 6.28. The Kier molecular flexibility index (Phi) is 2.99. The zero-order valence-corrected chi connectivity index (χ0v) is 15.2. The Morgan fingerprint density at radius 3 is 2.00 bits per heavy atom.